The van der Waals surface area contributed by atoms with Gasteiger partial charge in [-0.15, -0.1) is 11.6 Å². The van der Waals surface area contributed by atoms with Crippen molar-refractivity contribution in [2.45, 2.75) is 45.0 Å². The Morgan fingerprint density at radius 3 is 2.86 bits per heavy atom. The molecule has 1 aliphatic heterocycles. The molecule has 0 aliphatic carbocycles. The van der Waals surface area contributed by atoms with Crippen LogP contribution in [0.4, 0.5) is 11.5 Å². The van der Waals surface area contributed by atoms with Gasteiger partial charge < -0.3 is 4.90 Å². The van der Waals surface area contributed by atoms with E-state index in [2.05, 4.69) is 55.1 Å². The first kappa shape index (κ1) is 14.4. The molecule has 0 amide bonds. The summed E-state index contributed by atoms with van der Waals surface area (Å²) in [5.74, 6) is 1.57. The largest absolute Gasteiger partial charge is 0.323 e. The van der Waals surface area contributed by atoms with Crippen LogP contribution in [0.25, 0.3) is 0 Å². The van der Waals surface area contributed by atoms with Crippen molar-refractivity contribution < 1.29 is 0 Å². The zero-order valence-electron chi connectivity index (χ0n) is 12.6. The van der Waals surface area contributed by atoms with Gasteiger partial charge in [0.25, 0.3) is 0 Å². The first-order chi connectivity index (χ1) is 10.2. The third-order valence-corrected chi connectivity index (χ3v) is 4.52. The Morgan fingerprint density at radius 2 is 2.10 bits per heavy atom. The molecule has 0 radical (unpaired) electrons. The number of aromatic nitrogens is 1. The van der Waals surface area contributed by atoms with Crippen LogP contribution in [0.15, 0.2) is 36.4 Å². The van der Waals surface area contributed by atoms with Gasteiger partial charge in [0.05, 0.1) is 0 Å². The van der Waals surface area contributed by atoms with Crippen LogP contribution in [0.1, 0.15) is 37.1 Å². The fourth-order valence-electron chi connectivity index (χ4n) is 3.05. The SMILES string of the molecule is CCc1cc(CCl)cc(N2c3ccccc3CCC2C)n1. The van der Waals surface area contributed by atoms with Crippen molar-refractivity contribution in [2.75, 3.05) is 4.90 Å². The zero-order valence-corrected chi connectivity index (χ0v) is 13.4. The second kappa shape index (κ2) is 6.07. The van der Waals surface area contributed by atoms with Gasteiger partial charge in [-0.1, -0.05) is 25.1 Å². The summed E-state index contributed by atoms with van der Waals surface area (Å²) in [4.78, 5) is 7.21. The van der Waals surface area contributed by atoms with E-state index in [0.29, 0.717) is 11.9 Å². The van der Waals surface area contributed by atoms with E-state index in [4.69, 9.17) is 16.6 Å². The highest BCUT2D eigenvalue weighted by atomic mass is 35.5. The molecular weight excluding hydrogens is 280 g/mol. The molecule has 1 unspecified atom stereocenters. The fraction of sp³-hybridized carbons (Fsp3) is 0.389. The van der Waals surface area contributed by atoms with Gasteiger partial charge in [0.15, 0.2) is 0 Å². The maximum absolute atomic E-state index is 6.06. The van der Waals surface area contributed by atoms with E-state index in [0.717, 1.165) is 36.3 Å². The molecule has 3 rings (SSSR count). The molecule has 0 spiro atoms. The van der Waals surface area contributed by atoms with Gasteiger partial charge in [-0.2, -0.15) is 0 Å². The molecule has 1 aliphatic rings. The van der Waals surface area contributed by atoms with E-state index in [9.17, 15) is 0 Å². The molecule has 2 nitrogen and oxygen atoms in total. The monoisotopic (exact) mass is 300 g/mol. The summed E-state index contributed by atoms with van der Waals surface area (Å²) in [6, 6.07) is 13.3. The smallest absolute Gasteiger partial charge is 0.133 e. The Morgan fingerprint density at radius 1 is 1.29 bits per heavy atom. The summed E-state index contributed by atoms with van der Waals surface area (Å²) in [5, 5.41) is 0. The Kier molecular flexibility index (Phi) is 4.16. The number of para-hydroxylation sites is 1. The van der Waals surface area contributed by atoms with Crippen LogP contribution in [0.3, 0.4) is 0 Å². The van der Waals surface area contributed by atoms with E-state index in [1.54, 1.807) is 0 Å². The van der Waals surface area contributed by atoms with Crippen molar-refractivity contribution in [3.05, 3.63) is 53.2 Å². The van der Waals surface area contributed by atoms with Crippen molar-refractivity contribution in [3.63, 3.8) is 0 Å². The highest BCUT2D eigenvalue weighted by Gasteiger charge is 2.25. The number of benzene rings is 1. The van der Waals surface area contributed by atoms with Crippen LogP contribution in [0.2, 0.25) is 0 Å². The van der Waals surface area contributed by atoms with Gasteiger partial charge in [-0.25, -0.2) is 4.98 Å². The Hall–Kier alpha value is -1.54. The average Bonchev–Trinajstić information content (AvgIpc) is 2.54. The first-order valence-electron chi connectivity index (χ1n) is 7.66. The number of pyridine rings is 1. The lowest BCUT2D eigenvalue weighted by Gasteiger charge is -2.36. The van der Waals surface area contributed by atoms with Crippen LogP contribution >= 0.6 is 11.6 Å². The summed E-state index contributed by atoms with van der Waals surface area (Å²) in [6.07, 6.45) is 3.23. The second-order valence-corrected chi connectivity index (χ2v) is 5.97. The molecule has 21 heavy (non-hydrogen) atoms. The number of aryl methyl sites for hydroxylation is 2. The zero-order chi connectivity index (χ0) is 14.8. The molecule has 1 aromatic heterocycles. The number of hydrogen-bond donors (Lipinski definition) is 0. The summed E-state index contributed by atoms with van der Waals surface area (Å²) < 4.78 is 0. The summed E-state index contributed by atoms with van der Waals surface area (Å²) in [7, 11) is 0. The van der Waals surface area contributed by atoms with Crippen LogP contribution in [-0.2, 0) is 18.7 Å². The van der Waals surface area contributed by atoms with Gasteiger partial charge >= 0.3 is 0 Å². The lowest BCUT2D eigenvalue weighted by atomic mass is 9.96. The average molecular weight is 301 g/mol. The molecule has 0 saturated heterocycles. The normalized spacial score (nSPS) is 17.7. The van der Waals surface area contributed by atoms with Crippen LogP contribution in [0.5, 0.6) is 0 Å². The number of fused-ring (bicyclic) bond motifs is 1. The molecule has 0 N–H and O–H groups in total. The van der Waals surface area contributed by atoms with E-state index >= 15 is 0 Å². The van der Waals surface area contributed by atoms with Gasteiger partial charge in [0.1, 0.15) is 5.82 Å². The number of anilines is 2. The molecule has 0 saturated carbocycles. The van der Waals surface area contributed by atoms with E-state index in [-0.39, 0.29) is 0 Å². The van der Waals surface area contributed by atoms with Gasteiger partial charge in [-0.3, -0.25) is 0 Å². The minimum Gasteiger partial charge on any atom is -0.323 e. The Labute approximate surface area is 131 Å². The van der Waals surface area contributed by atoms with E-state index in [1.807, 2.05) is 0 Å². The maximum atomic E-state index is 6.06. The predicted octanol–water partition coefficient (Wildman–Crippen LogP) is 4.86. The number of halogens is 1. The summed E-state index contributed by atoms with van der Waals surface area (Å²) >= 11 is 6.06. The molecule has 2 heterocycles. The molecule has 110 valence electrons. The first-order valence-corrected chi connectivity index (χ1v) is 8.19. The predicted molar refractivity (Wildman–Crippen MR) is 89.5 cm³/mol. The molecule has 2 aromatic rings. The quantitative estimate of drug-likeness (QED) is 0.753. The highest BCUT2D eigenvalue weighted by Crippen LogP contribution is 2.36. The van der Waals surface area contributed by atoms with Crippen LogP contribution < -0.4 is 4.90 Å². The molecule has 1 atom stereocenters. The number of rotatable bonds is 3. The van der Waals surface area contributed by atoms with Gasteiger partial charge in [0.2, 0.25) is 0 Å². The van der Waals surface area contributed by atoms with Crippen molar-refractivity contribution in [1.82, 2.24) is 4.98 Å². The lowest BCUT2D eigenvalue weighted by Crippen LogP contribution is -2.34. The highest BCUT2D eigenvalue weighted by molar-refractivity contribution is 6.17. The minimum atomic E-state index is 0.461. The topological polar surface area (TPSA) is 16.1 Å². The third-order valence-electron chi connectivity index (χ3n) is 4.21. The number of hydrogen-bond acceptors (Lipinski definition) is 2. The van der Waals surface area contributed by atoms with Gasteiger partial charge in [0, 0.05) is 23.3 Å². The molecule has 0 fully saturated rings. The fourth-order valence-corrected chi connectivity index (χ4v) is 3.21. The molecule has 3 heteroatoms. The van der Waals surface area contributed by atoms with Crippen molar-refractivity contribution in [1.29, 1.82) is 0 Å². The van der Waals surface area contributed by atoms with Gasteiger partial charge in [-0.05, 0) is 55.5 Å². The Balaban J connectivity index is 2.11. The molecule has 1 aromatic carbocycles. The minimum absolute atomic E-state index is 0.461. The van der Waals surface area contributed by atoms with E-state index in [1.165, 1.54) is 11.3 Å². The van der Waals surface area contributed by atoms with Crippen LogP contribution in [-0.4, -0.2) is 11.0 Å². The number of nitrogens with zero attached hydrogens (tertiary/aromatic N) is 2. The standard InChI is InChI=1S/C18H21ClN2/c1-3-16-10-14(12-19)11-18(20-16)21-13(2)8-9-15-6-4-5-7-17(15)21/h4-7,10-11,13H,3,8-9,12H2,1-2H3. The number of alkyl halides is 1. The van der Waals surface area contributed by atoms with Crippen molar-refractivity contribution in [3.8, 4) is 0 Å². The maximum Gasteiger partial charge on any atom is 0.133 e. The summed E-state index contributed by atoms with van der Waals surface area (Å²) in [5.41, 5.74) is 4.96. The lowest BCUT2D eigenvalue weighted by molar-refractivity contribution is 0.612. The van der Waals surface area contributed by atoms with E-state index < -0.39 is 0 Å². The van der Waals surface area contributed by atoms with Crippen LogP contribution in [0, 0.1) is 0 Å². The second-order valence-electron chi connectivity index (χ2n) is 5.70. The van der Waals surface area contributed by atoms with Crippen molar-refractivity contribution >= 4 is 23.1 Å². The van der Waals surface area contributed by atoms with Crippen molar-refractivity contribution in [2.24, 2.45) is 0 Å². The Bertz CT molecular complexity index is 617. The third kappa shape index (κ3) is 2.77. The summed E-state index contributed by atoms with van der Waals surface area (Å²) in [6.45, 7) is 4.41. The molecule has 0 bridgehead atoms. The molecular formula is C18H21ClN2.